The van der Waals surface area contributed by atoms with Gasteiger partial charge in [-0.3, -0.25) is 9.52 Å². The summed E-state index contributed by atoms with van der Waals surface area (Å²) >= 11 is 0. The van der Waals surface area contributed by atoms with E-state index < -0.39 is 33.5 Å². The summed E-state index contributed by atoms with van der Waals surface area (Å²) in [6.45, 7) is -0.0399. The van der Waals surface area contributed by atoms with E-state index in [1.807, 2.05) is 0 Å². The minimum atomic E-state index is -4.45. The fraction of sp³-hybridized carbons (Fsp3) is 0.0952. The summed E-state index contributed by atoms with van der Waals surface area (Å²) in [5, 5.41) is 2.53. The highest BCUT2D eigenvalue weighted by atomic mass is 32.2. The number of carbonyl (C=O) groups excluding carboxylic acids is 1. The molecule has 3 aromatic rings. The van der Waals surface area contributed by atoms with Crippen LogP contribution in [0, 0.1) is 5.82 Å². The Balaban J connectivity index is 1.69. The molecule has 0 saturated carbocycles. The molecule has 5 nitrogen and oxygen atoms in total. The standard InChI is InChI=1S/C21H16F4N2O3S/c22-17-8-10-18(11-9-17)27-31(29,30)19-3-1-2-15(12-19)20(28)26-13-14-4-6-16(7-5-14)21(23,24)25/h1-12,27H,13H2,(H,26,28). The van der Waals surface area contributed by atoms with Crippen LogP contribution in [0.3, 0.4) is 0 Å². The van der Waals surface area contributed by atoms with Crippen LogP contribution >= 0.6 is 0 Å². The molecule has 3 aromatic carbocycles. The van der Waals surface area contributed by atoms with E-state index in [1.165, 1.54) is 42.5 Å². The van der Waals surface area contributed by atoms with Gasteiger partial charge in [0, 0.05) is 17.8 Å². The van der Waals surface area contributed by atoms with Crippen molar-refractivity contribution >= 4 is 21.6 Å². The number of amides is 1. The molecular weight excluding hydrogens is 436 g/mol. The Hall–Kier alpha value is -3.40. The number of carbonyl (C=O) groups is 1. The summed E-state index contributed by atoms with van der Waals surface area (Å²) in [7, 11) is -4.03. The van der Waals surface area contributed by atoms with E-state index >= 15 is 0 Å². The van der Waals surface area contributed by atoms with Crippen molar-refractivity contribution in [1.82, 2.24) is 5.32 Å². The average Bonchev–Trinajstić information content (AvgIpc) is 2.73. The molecule has 162 valence electrons. The topological polar surface area (TPSA) is 75.3 Å². The van der Waals surface area contributed by atoms with Gasteiger partial charge in [-0.25, -0.2) is 12.8 Å². The number of halogens is 4. The summed E-state index contributed by atoms with van der Waals surface area (Å²) in [5.74, 6) is -1.12. The van der Waals surface area contributed by atoms with Gasteiger partial charge in [-0.1, -0.05) is 18.2 Å². The van der Waals surface area contributed by atoms with Crippen LogP contribution in [0.2, 0.25) is 0 Å². The molecule has 0 aliphatic carbocycles. The van der Waals surface area contributed by atoms with E-state index in [0.29, 0.717) is 5.56 Å². The first-order valence-electron chi connectivity index (χ1n) is 8.87. The molecule has 0 aromatic heterocycles. The Morgan fingerprint density at radius 1 is 0.903 bits per heavy atom. The van der Waals surface area contributed by atoms with Crippen molar-refractivity contribution in [2.24, 2.45) is 0 Å². The Labute approximate surface area is 175 Å². The van der Waals surface area contributed by atoms with Gasteiger partial charge >= 0.3 is 6.18 Å². The van der Waals surface area contributed by atoms with Crippen LogP contribution in [0.1, 0.15) is 21.5 Å². The largest absolute Gasteiger partial charge is 0.416 e. The maximum atomic E-state index is 13.0. The average molecular weight is 452 g/mol. The van der Waals surface area contributed by atoms with Crippen LogP contribution < -0.4 is 10.0 Å². The van der Waals surface area contributed by atoms with Gasteiger partial charge in [-0.2, -0.15) is 13.2 Å². The van der Waals surface area contributed by atoms with Gasteiger partial charge in [0.2, 0.25) is 0 Å². The lowest BCUT2D eigenvalue weighted by Crippen LogP contribution is -2.23. The molecule has 0 fully saturated rings. The second-order valence-electron chi connectivity index (χ2n) is 6.52. The molecule has 0 aliphatic rings. The first-order chi connectivity index (χ1) is 14.5. The number of anilines is 1. The smallest absolute Gasteiger partial charge is 0.348 e. The second kappa shape index (κ2) is 8.76. The van der Waals surface area contributed by atoms with Crippen LogP contribution in [0.5, 0.6) is 0 Å². The van der Waals surface area contributed by atoms with Crippen LogP contribution in [0.25, 0.3) is 0 Å². The Bertz CT molecular complexity index is 1180. The maximum absolute atomic E-state index is 13.0. The number of benzene rings is 3. The first-order valence-corrected chi connectivity index (χ1v) is 10.4. The van der Waals surface area contributed by atoms with Crippen LogP contribution in [-0.2, 0) is 22.7 Å². The third-order valence-corrected chi connectivity index (χ3v) is 5.62. The van der Waals surface area contributed by atoms with Crippen molar-refractivity contribution in [3.8, 4) is 0 Å². The molecule has 0 unspecified atom stereocenters. The zero-order valence-corrected chi connectivity index (χ0v) is 16.6. The highest BCUT2D eigenvalue weighted by Gasteiger charge is 2.29. The number of hydrogen-bond acceptors (Lipinski definition) is 3. The first kappa shape index (κ1) is 22.3. The SMILES string of the molecule is O=C(NCc1ccc(C(F)(F)F)cc1)c1cccc(S(=O)(=O)Nc2ccc(F)cc2)c1. The number of nitrogens with one attached hydrogen (secondary N) is 2. The molecule has 1 amide bonds. The number of hydrogen-bond donors (Lipinski definition) is 2. The molecule has 3 rings (SSSR count). The number of alkyl halides is 3. The molecule has 0 saturated heterocycles. The molecule has 0 spiro atoms. The van der Waals surface area contributed by atoms with Gasteiger partial charge in [0.05, 0.1) is 10.5 Å². The van der Waals surface area contributed by atoms with E-state index in [1.54, 1.807) is 0 Å². The predicted octanol–water partition coefficient (Wildman–Crippen LogP) is 4.58. The van der Waals surface area contributed by atoms with Gasteiger partial charge in [0.1, 0.15) is 5.82 Å². The van der Waals surface area contributed by atoms with Crippen molar-refractivity contribution in [3.05, 3.63) is 95.3 Å². The third-order valence-electron chi connectivity index (χ3n) is 4.24. The molecule has 31 heavy (non-hydrogen) atoms. The molecule has 2 N–H and O–H groups in total. The van der Waals surface area contributed by atoms with Gasteiger partial charge in [-0.05, 0) is 60.2 Å². The van der Waals surface area contributed by atoms with E-state index in [2.05, 4.69) is 10.0 Å². The third kappa shape index (κ3) is 5.82. The zero-order valence-electron chi connectivity index (χ0n) is 15.8. The lowest BCUT2D eigenvalue weighted by atomic mass is 10.1. The second-order valence-corrected chi connectivity index (χ2v) is 8.20. The molecule has 0 aliphatic heterocycles. The van der Waals surface area contributed by atoms with Gasteiger partial charge in [0.25, 0.3) is 15.9 Å². The molecule has 10 heteroatoms. The van der Waals surface area contributed by atoms with Crippen molar-refractivity contribution < 1.29 is 30.8 Å². The molecule has 0 heterocycles. The minimum absolute atomic E-state index is 0.0399. The van der Waals surface area contributed by atoms with Crippen LogP contribution in [-0.4, -0.2) is 14.3 Å². The Kier molecular flexibility index (Phi) is 6.30. The Morgan fingerprint density at radius 3 is 2.16 bits per heavy atom. The highest BCUT2D eigenvalue weighted by molar-refractivity contribution is 7.92. The zero-order chi connectivity index (χ0) is 22.6. The summed E-state index contributed by atoms with van der Waals surface area (Å²) in [5.41, 5.74) is -0.148. The quantitative estimate of drug-likeness (QED) is 0.538. The van der Waals surface area contributed by atoms with Gasteiger partial charge in [0.15, 0.2) is 0 Å². The lowest BCUT2D eigenvalue weighted by molar-refractivity contribution is -0.137. The predicted molar refractivity (Wildman–Crippen MR) is 106 cm³/mol. The van der Waals surface area contributed by atoms with Crippen molar-refractivity contribution in [2.45, 2.75) is 17.6 Å². The summed E-state index contributed by atoms with van der Waals surface area (Å²) in [4.78, 5) is 12.2. The van der Waals surface area contributed by atoms with Gasteiger partial charge in [-0.15, -0.1) is 0 Å². The normalized spacial score (nSPS) is 11.7. The Morgan fingerprint density at radius 2 is 1.55 bits per heavy atom. The maximum Gasteiger partial charge on any atom is 0.416 e. The van der Waals surface area contributed by atoms with E-state index in [4.69, 9.17) is 0 Å². The number of rotatable bonds is 6. The minimum Gasteiger partial charge on any atom is -0.348 e. The highest BCUT2D eigenvalue weighted by Crippen LogP contribution is 2.29. The van der Waals surface area contributed by atoms with Crippen molar-refractivity contribution in [1.29, 1.82) is 0 Å². The van der Waals surface area contributed by atoms with Gasteiger partial charge < -0.3 is 5.32 Å². The molecule has 0 bridgehead atoms. The number of sulfonamides is 1. The fourth-order valence-corrected chi connectivity index (χ4v) is 3.74. The summed E-state index contributed by atoms with van der Waals surface area (Å²) in [6.07, 6.45) is -4.45. The van der Waals surface area contributed by atoms with E-state index in [0.717, 1.165) is 30.3 Å². The monoisotopic (exact) mass is 452 g/mol. The van der Waals surface area contributed by atoms with Crippen molar-refractivity contribution in [3.63, 3.8) is 0 Å². The fourth-order valence-electron chi connectivity index (χ4n) is 2.63. The van der Waals surface area contributed by atoms with Crippen LogP contribution in [0.4, 0.5) is 23.2 Å². The van der Waals surface area contributed by atoms with E-state index in [-0.39, 0.29) is 22.7 Å². The molecule has 0 atom stereocenters. The molecule has 0 radical (unpaired) electrons. The lowest BCUT2D eigenvalue weighted by Gasteiger charge is -2.11. The van der Waals surface area contributed by atoms with E-state index in [9.17, 15) is 30.8 Å². The molecular formula is C21H16F4N2O3S. The summed E-state index contributed by atoms with van der Waals surface area (Å²) in [6, 6.07) is 14.3. The summed E-state index contributed by atoms with van der Waals surface area (Å²) < 4.78 is 78.1. The van der Waals surface area contributed by atoms with Crippen LogP contribution in [0.15, 0.2) is 77.7 Å². The van der Waals surface area contributed by atoms with Crippen molar-refractivity contribution in [2.75, 3.05) is 4.72 Å².